The lowest BCUT2D eigenvalue weighted by Crippen LogP contribution is -2.59. The monoisotopic (exact) mass is 691 g/mol. The number of halogens is 3. The van der Waals surface area contributed by atoms with Crippen LogP contribution in [0.4, 0.5) is 13.2 Å². The highest BCUT2D eigenvalue weighted by molar-refractivity contribution is 7.87. The molecule has 18 nitrogen and oxygen atoms in total. The van der Waals surface area contributed by atoms with E-state index in [1.165, 1.54) is 0 Å². The van der Waals surface area contributed by atoms with Crippen LogP contribution >= 0.6 is 0 Å². The number of ether oxygens (including phenoxy) is 6. The Kier molecular flexibility index (Phi) is 9.45. The van der Waals surface area contributed by atoms with E-state index >= 15 is 0 Å². The highest BCUT2D eigenvalue weighted by atomic mass is 32.2. The van der Waals surface area contributed by atoms with Gasteiger partial charge >= 0.3 is 15.6 Å². The van der Waals surface area contributed by atoms with Crippen molar-refractivity contribution in [2.45, 2.75) is 137 Å². The molecule has 0 amide bonds. The molecule has 0 N–H and O–H groups in total. The Morgan fingerprint density at radius 1 is 0.830 bits per heavy atom. The van der Waals surface area contributed by atoms with E-state index in [1.54, 1.807) is 0 Å². The van der Waals surface area contributed by atoms with Crippen LogP contribution in [0.5, 0.6) is 0 Å². The van der Waals surface area contributed by atoms with Crippen molar-refractivity contribution in [2.24, 2.45) is 15.3 Å². The van der Waals surface area contributed by atoms with Crippen molar-refractivity contribution in [1.29, 1.82) is 0 Å². The van der Waals surface area contributed by atoms with Crippen molar-refractivity contribution < 1.29 is 54.2 Å². The molecule has 3 aliphatic carbocycles. The van der Waals surface area contributed by atoms with Crippen LogP contribution in [0.25, 0.3) is 31.3 Å². The maximum atomic E-state index is 13.6. The molecule has 6 aliphatic rings. The van der Waals surface area contributed by atoms with Gasteiger partial charge in [0.05, 0.1) is 30.9 Å². The molecule has 0 bridgehead atoms. The zero-order valence-corrected chi connectivity index (χ0v) is 25.7. The number of hydrogen-bond donors (Lipinski definition) is 0. The summed E-state index contributed by atoms with van der Waals surface area (Å²) in [6.45, 7) is -0.259. The summed E-state index contributed by atoms with van der Waals surface area (Å²) in [5.74, 6) is -3.28. The Balaban J connectivity index is 1.40. The van der Waals surface area contributed by atoms with Gasteiger partial charge in [-0.05, 0) is 48.7 Å². The predicted octanol–water partition coefficient (Wildman–Crippen LogP) is 5.77. The third kappa shape index (κ3) is 6.55. The minimum absolute atomic E-state index is 0.0702. The summed E-state index contributed by atoms with van der Waals surface area (Å²) < 4.78 is 107. The van der Waals surface area contributed by atoms with Crippen LogP contribution in [0.1, 0.15) is 70.6 Å². The van der Waals surface area contributed by atoms with Crippen LogP contribution in [0.2, 0.25) is 0 Å². The van der Waals surface area contributed by atoms with Crippen molar-refractivity contribution in [3.05, 3.63) is 42.8 Å². The molecule has 3 saturated carbocycles. The summed E-state index contributed by atoms with van der Waals surface area (Å²) in [5, 5.41) is 11.1. The van der Waals surface area contributed by atoms with Crippen molar-refractivity contribution in [3.63, 3.8) is 0 Å². The van der Waals surface area contributed by atoms with Gasteiger partial charge in [-0.2, -0.15) is 21.6 Å². The topological polar surface area (TPSA) is 245 Å². The molecule has 8 atom stereocenters. The zero-order valence-electron chi connectivity index (χ0n) is 24.8. The molecule has 3 unspecified atom stereocenters. The standard InChI is InChI=1S/C25H32F3N9O9S/c26-25(27,28)47(38,39)46-20-16(34-37-31)22(41-15-12-40-23(44-19(15)20)7-3-1-4-8-23)42-17-13(32-35-29)11-14(33-36-30)18-21(17)45-24(43-18)9-5-2-6-10-24/h13-15,17-19,21-22H,1-12H2/t13?,14-,15?,17-,18-,19-,21?,22-/m1/s1. The first-order chi connectivity index (χ1) is 22.4. The number of nitrogens with zero attached hydrogens (tertiary/aromatic N) is 9. The molecular weight excluding hydrogens is 659 g/mol. The van der Waals surface area contributed by atoms with Crippen LogP contribution in [0.15, 0.2) is 26.8 Å². The summed E-state index contributed by atoms with van der Waals surface area (Å²) in [6.07, 6.45) is -1.49. The number of hydrogen-bond acceptors (Lipinski definition) is 12. The van der Waals surface area contributed by atoms with Gasteiger partial charge in [-0.15, -0.1) is 0 Å². The van der Waals surface area contributed by atoms with Gasteiger partial charge in [-0.25, -0.2) is 0 Å². The van der Waals surface area contributed by atoms with Crippen molar-refractivity contribution >= 4 is 10.1 Å². The summed E-state index contributed by atoms with van der Waals surface area (Å²) in [4.78, 5) is 8.47. The number of alkyl halides is 3. The zero-order chi connectivity index (χ0) is 33.5. The van der Waals surface area contributed by atoms with Gasteiger partial charge < -0.3 is 32.6 Å². The first-order valence-electron chi connectivity index (χ1n) is 15.3. The van der Waals surface area contributed by atoms with Crippen LogP contribution in [-0.2, 0) is 42.7 Å². The molecule has 3 heterocycles. The van der Waals surface area contributed by atoms with Crippen molar-refractivity contribution in [3.8, 4) is 0 Å². The summed E-state index contributed by atoms with van der Waals surface area (Å²) in [5.41, 5.74) is 21.5. The van der Waals surface area contributed by atoms with E-state index in [9.17, 15) is 38.2 Å². The van der Waals surface area contributed by atoms with Crippen molar-refractivity contribution in [1.82, 2.24) is 0 Å². The molecule has 0 aromatic heterocycles. The van der Waals surface area contributed by atoms with Crippen molar-refractivity contribution in [2.75, 3.05) is 6.61 Å². The Labute approximate surface area is 265 Å². The lowest BCUT2D eigenvalue weighted by atomic mass is 9.84. The van der Waals surface area contributed by atoms with Crippen LogP contribution in [-0.4, -0.2) is 81.0 Å². The fraction of sp³-hybridized carbons (Fsp3) is 0.920. The molecule has 258 valence electrons. The highest BCUT2D eigenvalue weighted by Gasteiger charge is 2.60. The molecule has 2 spiro atoms. The first-order valence-corrected chi connectivity index (χ1v) is 16.7. The Morgan fingerprint density at radius 3 is 2.06 bits per heavy atom. The largest absolute Gasteiger partial charge is 0.534 e. The lowest BCUT2D eigenvalue weighted by Gasteiger charge is -2.49. The summed E-state index contributed by atoms with van der Waals surface area (Å²) >= 11 is 0. The average molecular weight is 692 g/mol. The molecule has 22 heteroatoms. The van der Waals surface area contributed by atoms with Crippen LogP contribution < -0.4 is 0 Å². The van der Waals surface area contributed by atoms with E-state index in [0.717, 1.165) is 25.7 Å². The van der Waals surface area contributed by atoms with Gasteiger partial charge in [-0.1, -0.05) is 28.2 Å². The average Bonchev–Trinajstić information content (AvgIpc) is 3.39. The first kappa shape index (κ1) is 33.9. The van der Waals surface area contributed by atoms with Gasteiger partial charge in [0.2, 0.25) is 0 Å². The molecule has 3 aliphatic heterocycles. The molecule has 5 fully saturated rings. The molecule has 6 rings (SSSR count). The Hall–Kier alpha value is -3.03. The van der Waals surface area contributed by atoms with Gasteiger partial charge in [0.15, 0.2) is 23.6 Å². The van der Waals surface area contributed by atoms with E-state index in [4.69, 9.17) is 28.4 Å². The molecular formula is C25H32F3N9O9S. The minimum Gasteiger partial charge on any atom is -0.377 e. The van der Waals surface area contributed by atoms with E-state index in [2.05, 4.69) is 34.3 Å². The Bertz CT molecular complexity index is 1500. The summed E-state index contributed by atoms with van der Waals surface area (Å²) in [6, 6.07) is -1.94. The van der Waals surface area contributed by atoms with E-state index < -0.39 is 87.6 Å². The number of fused-ring (bicyclic) bond motifs is 2. The number of rotatable bonds is 7. The molecule has 0 radical (unpaired) electrons. The van der Waals surface area contributed by atoms with E-state index in [1.807, 2.05) is 0 Å². The van der Waals surface area contributed by atoms with Gasteiger partial charge in [0, 0.05) is 40.4 Å². The second-order valence-corrected chi connectivity index (χ2v) is 13.8. The smallest absolute Gasteiger partial charge is 0.377 e. The van der Waals surface area contributed by atoms with Gasteiger partial charge in [0.1, 0.15) is 24.0 Å². The molecule has 2 saturated heterocycles. The lowest BCUT2D eigenvalue weighted by molar-refractivity contribution is -0.353. The maximum Gasteiger partial charge on any atom is 0.534 e. The molecule has 0 aromatic rings. The second-order valence-electron chi connectivity index (χ2n) is 12.3. The normalized spacial score (nSPS) is 36.3. The third-order valence-corrected chi connectivity index (χ3v) is 10.3. The quantitative estimate of drug-likeness (QED) is 0.103. The Morgan fingerprint density at radius 2 is 1.45 bits per heavy atom. The van der Waals surface area contributed by atoms with Gasteiger partial charge in [0.25, 0.3) is 0 Å². The predicted molar refractivity (Wildman–Crippen MR) is 148 cm³/mol. The number of azide groups is 3. The van der Waals surface area contributed by atoms with E-state index in [-0.39, 0.29) is 13.0 Å². The SMILES string of the molecule is [N-]=[N+]=NC1=C(OS(=O)(=O)C(F)(F)F)[C@@H]2OC3(CCCCC3)OCC2O[C@@H]1O[C@@H]1C(N=[N+]=[N-])C[C@@H](N=[N+]=[N-])[C@H]2OC3(CCCCC3)OC12. The fourth-order valence-corrected chi connectivity index (χ4v) is 7.78. The minimum atomic E-state index is -6.29. The maximum absolute atomic E-state index is 13.6. The second kappa shape index (κ2) is 13.1. The van der Waals surface area contributed by atoms with Crippen LogP contribution in [0, 0.1) is 0 Å². The van der Waals surface area contributed by atoms with Gasteiger partial charge in [-0.3, -0.25) is 0 Å². The molecule has 0 aromatic carbocycles. The summed E-state index contributed by atoms with van der Waals surface area (Å²) in [7, 11) is -6.29. The highest BCUT2D eigenvalue weighted by Crippen LogP contribution is 2.49. The van der Waals surface area contributed by atoms with Crippen LogP contribution in [0.3, 0.4) is 0 Å². The fourth-order valence-electron chi connectivity index (χ4n) is 7.27. The third-order valence-electron chi connectivity index (χ3n) is 9.36. The molecule has 47 heavy (non-hydrogen) atoms. The van der Waals surface area contributed by atoms with E-state index in [0.29, 0.717) is 38.5 Å².